The second-order valence-electron chi connectivity index (χ2n) is 4.89. The molecule has 0 aliphatic rings. The van der Waals surface area contributed by atoms with E-state index in [0.717, 1.165) is 44.9 Å². The van der Waals surface area contributed by atoms with Crippen LogP contribution < -0.4 is 0 Å². The zero-order chi connectivity index (χ0) is 14.6. The quantitative estimate of drug-likeness (QED) is 0.268. The van der Waals surface area contributed by atoms with Gasteiger partial charge in [-0.15, -0.1) is 0 Å². The number of unbranched alkanes of at least 4 members (excludes halogenated alkanes) is 8. The average Bonchev–Trinajstić information content (AvgIpc) is 2.28. The average molecular weight is 343 g/mol. The fourth-order valence-corrected chi connectivity index (χ4v) is 2.16. The Morgan fingerprint density at radius 1 is 0.947 bits per heavy atom. The molecule has 5 heteroatoms. The van der Waals surface area contributed by atoms with Crippen molar-refractivity contribution in [3.05, 3.63) is 0 Å². The molecular formula is C14H25BrF2O2. The van der Waals surface area contributed by atoms with E-state index >= 15 is 0 Å². The first-order chi connectivity index (χ1) is 8.92. The molecule has 0 aliphatic carbocycles. The van der Waals surface area contributed by atoms with Crippen LogP contribution in [0.25, 0.3) is 0 Å². The SMILES string of the molecule is CC(=O)OCCCCCCCCCCCC(F)(F)Br. The summed E-state index contributed by atoms with van der Waals surface area (Å²) >= 11 is 2.35. The normalized spacial score (nSPS) is 11.6. The molecular weight excluding hydrogens is 318 g/mol. The van der Waals surface area contributed by atoms with Gasteiger partial charge in [-0.25, -0.2) is 0 Å². The van der Waals surface area contributed by atoms with Crippen molar-refractivity contribution in [3.8, 4) is 0 Å². The summed E-state index contributed by atoms with van der Waals surface area (Å²) in [5.74, 6) is -0.214. The minimum Gasteiger partial charge on any atom is -0.466 e. The maximum atomic E-state index is 12.4. The van der Waals surface area contributed by atoms with E-state index in [2.05, 4.69) is 15.9 Å². The fourth-order valence-electron chi connectivity index (χ4n) is 1.88. The molecule has 0 aromatic heterocycles. The summed E-state index contributed by atoms with van der Waals surface area (Å²) in [7, 11) is 0. The summed E-state index contributed by atoms with van der Waals surface area (Å²) in [6.45, 7) is 1.95. The molecule has 0 saturated carbocycles. The van der Waals surface area contributed by atoms with E-state index in [1.165, 1.54) is 13.3 Å². The molecule has 0 radical (unpaired) electrons. The third kappa shape index (κ3) is 17.8. The predicted octanol–water partition coefficient (Wildman–Crippen LogP) is 5.44. The maximum absolute atomic E-state index is 12.4. The Kier molecular flexibility index (Phi) is 11.5. The third-order valence-corrected chi connectivity index (χ3v) is 3.31. The zero-order valence-corrected chi connectivity index (χ0v) is 13.3. The molecule has 0 amide bonds. The van der Waals surface area contributed by atoms with E-state index in [1.807, 2.05) is 0 Å². The monoisotopic (exact) mass is 342 g/mol. The standard InChI is InChI=1S/C14H25BrF2O2/c1-13(18)19-12-10-8-6-4-2-3-5-7-9-11-14(15,16)17/h2-12H2,1H3. The minimum absolute atomic E-state index is 0.0663. The maximum Gasteiger partial charge on any atom is 0.302 e. The van der Waals surface area contributed by atoms with Crippen molar-refractivity contribution in [1.82, 2.24) is 0 Å². The van der Waals surface area contributed by atoms with Gasteiger partial charge in [-0.3, -0.25) is 4.79 Å². The molecule has 0 N–H and O–H groups in total. The van der Waals surface area contributed by atoms with Gasteiger partial charge in [0.25, 0.3) is 0 Å². The van der Waals surface area contributed by atoms with Crippen LogP contribution in [-0.4, -0.2) is 17.4 Å². The van der Waals surface area contributed by atoms with Gasteiger partial charge in [-0.05, 0) is 28.8 Å². The first-order valence-corrected chi connectivity index (χ1v) is 7.91. The van der Waals surface area contributed by atoms with Crippen LogP contribution in [0.1, 0.15) is 71.1 Å². The minimum atomic E-state index is -2.69. The summed E-state index contributed by atoms with van der Waals surface area (Å²) in [6.07, 6.45) is 9.07. The number of carbonyl (C=O) groups is 1. The van der Waals surface area contributed by atoms with Gasteiger partial charge in [0.2, 0.25) is 0 Å². The predicted molar refractivity (Wildman–Crippen MR) is 76.7 cm³/mol. The first kappa shape index (κ1) is 18.8. The van der Waals surface area contributed by atoms with Crippen molar-refractivity contribution in [2.75, 3.05) is 6.61 Å². The van der Waals surface area contributed by atoms with Gasteiger partial charge in [-0.2, -0.15) is 8.78 Å². The van der Waals surface area contributed by atoms with Crippen LogP contribution in [0.4, 0.5) is 8.78 Å². The number of carbonyl (C=O) groups excluding carboxylic acids is 1. The van der Waals surface area contributed by atoms with E-state index in [9.17, 15) is 13.6 Å². The Labute approximate surface area is 123 Å². The van der Waals surface area contributed by atoms with Crippen LogP contribution in [0.2, 0.25) is 0 Å². The molecule has 19 heavy (non-hydrogen) atoms. The summed E-state index contributed by atoms with van der Waals surface area (Å²) in [6, 6.07) is 0. The largest absolute Gasteiger partial charge is 0.466 e. The van der Waals surface area contributed by atoms with Gasteiger partial charge < -0.3 is 4.74 Å². The van der Waals surface area contributed by atoms with E-state index in [-0.39, 0.29) is 12.4 Å². The van der Waals surface area contributed by atoms with Crippen LogP contribution in [0, 0.1) is 0 Å². The highest BCUT2D eigenvalue weighted by molar-refractivity contribution is 9.09. The lowest BCUT2D eigenvalue weighted by molar-refractivity contribution is -0.141. The molecule has 2 nitrogen and oxygen atoms in total. The van der Waals surface area contributed by atoms with E-state index in [4.69, 9.17) is 4.74 Å². The summed E-state index contributed by atoms with van der Waals surface area (Å²) in [5.41, 5.74) is 0. The van der Waals surface area contributed by atoms with Crippen molar-refractivity contribution >= 4 is 21.9 Å². The van der Waals surface area contributed by atoms with E-state index in [0.29, 0.717) is 13.0 Å². The summed E-state index contributed by atoms with van der Waals surface area (Å²) in [5, 5.41) is 0. The van der Waals surface area contributed by atoms with Crippen LogP contribution in [0.3, 0.4) is 0 Å². The number of alkyl halides is 3. The Balaban J connectivity index is 3.05. The summed E-state index contributed by atoms with van der Waals surface area (Å²) in [4.78, 5) is 7.81. The van der Waals surface area contributed by atoms with Crippen LogP contribution >= 0.6 is 15.9 Å². The zero-order valence-electron chi connectivity index (χ0n) is 11.7. The van der Waals surface area contributed by atoms with Gasteiger partial charge in [0, 0.05) is 13.3 Å². The molecule has 0 bridgehead atoms. The molecule has 0 unspecified atom stereocenters. The number of halogens is 3. The first-order valence-electron chi connectivity index (χ1n) is 7.12. The van der Waals surface area contributed by atoms with Crippen LogP contribution in [0.15, 0.2) is 0 Å². The van der Waals surface area contributed by atoms with Gasteiger partial charge in [-0.1, -0.05) is 44.9 Å². The van der Waals surface area contributed by atoms with Crippen LogP contribution in [0.5, 0.6) is 0 Å². The lowest BCUT2D eigenvalue weighted by Gasteiger charge is -2.07. The molecule has 0 heterocycles. The Morgan fingerprint density at radius 3 is 1.79 bits per heavy atom. The highest BCUT2D eigenvalue weighted by Gasteiger charge is 2.22. The van der Waals surface area contributed by atoms with Crippen molar-refractivity contribution in [2.24, 2.45) is 0 Å². The Hall–Kier alpha value is -0.190. The van der Waals surface area contributed by atoms with Gasteiger partial charge in [0.15, 0.2) is 0 Å². The molecule has 0 fully saturated rings. The number of ether oxygens (including phenoxy) is 1. The molecule has 0 rings (SSSR count). The van der Waals surface area contributed by atoms with Crippen molar-refractivity contribution in [2.45, 2.75) is 76.0 Å². The molecule has 0 aromatic carbocycles. The van der Waals surface area contributed by atoms with Crippen molar-refractivity contribution < 1.29 is 18.3 Å². The molecule has 0 spiro atoms. The van der Waals surface area contributed by atoms with Gasteiger partial charge >= 0.3 is 10.8 Å². The third-order valence-electron chi connectivity index (χ3n) is 2.91. The van der Waals surface area contributed by atoms with Gasteiger partial charge in [0.1, 0.15) is 0 Å². The Morgan fingerprint density at radius 2 is 1.37 bits per heavy atom. The number of hydrogen-bond donors (Lipinski definition) is 0. The number of hydrogen-bond acceptors (Lipinski definition) is 2. The summed E-state index contributed by atoms with van der Waals surface area (Å²) < 4.78 is 29.7. The molecule has 0 aromatic rings. The molecule has 0 atom stereocenters. The van der Waals surface area contributed by atoms with E-state index in [1.54, 1.807) is 0 Å². The highest BCUT2D eigenvalue weighted by atomic mass is 79.9. The number of rotatable bonds is 12. The molecule has 0 saturated heterocycles. The van der Waals surface area contributed by atoms with Crippen molar-refractivity contribution in [1.29, 1.82) is 0 Å². The lowest BCUT2D eigenvalue weighted by atomic mass is 10.1. The second-order valence-corrected chi connectivity index (χ2v) is 6.05. The van der Waals surface area contributed by atoms with Crippen LogP contribution in [-0.2, 0) is 9.53 Å². The Bertz CT molecular complexity index is 230. The van der Waals surface area contributed by atoms with Gasteiger partial charge in [0.05, 0.1) is 6.61 Å². The second kappa shape index (κ2) is 11.6. The molecule has 114 valence electrons. The van der Waals surface area contributed by atoms with E-state index < -0.39 is 4.83 Å². The molecule has 0 aliphatic heterocycles. The number of esters is 1. The lowest BCUT2D eigenvalue weighted by Crippen LogP contribution is -2.03. The topological polar surface area (TPSA) is 26.3 Å². The fraction of sp³-hybridized carbons (Fsp3) is 0.929. The smallest absolute Gasteiger partial charge is 0.302 e. The van der Waals surface area contributed by atoms with Crippen molar-refractivity contribution in [3.63, 3.8) is 0 Å². The highest BCUT2D eigenvalue weighted by Crippen LogP contribution is 2.28.